The van der Waals surface area contributed by atoms with Crippen LogP contribution in [0.1, 0.15) is 18.3 Å². The van der Waals surface area contributed by atoms with Crippen LogP contribution < -0.4 is 10.2 Å². The van der Waals surface area contributed by atoms with Gasteiger partial charge in [-0.1, -0.05) is 0 Å². The van der Waals surface area contributed by atoms with Crippen LogP contribution in [0.3, 0.4) is 0 Å². The molecule has 1 aliphatic rings. The number of fused-ring (bicyclic) bond motifs is 1. The average molecular weight is 472 g/mol. The number of benzene rings is 1. The SMILES string of the molecule is CC(=O)N1CCN(c2cc(NCc3ccc(C)nn3)c3cc(-c4ccc(F)cc4)ncc3n2)CC1. The van der Waals surface area contributed by atoms with Crippen molar-refractivity contribution in [1.29, 1.82) is 0 Å². The lowest BCUT2D eigenvalue weighted by molar-refractivity contribution is -0.129. The molecule has 9 heteroatoms. The van der Waals surface area contributed by atoms with Crippen LogP contribution in [0.25, 0.3) is 22.2 Å². The highest BCUT2D eigenvalue weighted by atomic mass is 19.1. The van der Waals surface area contributed by atoms with Crippen molar-refractivity contribution in [3.8, 4) is 11.3 Å². The maximum Gasteiger partial charge on any atom is 0.219 e. The third kappa shape index (κ3) is 5.03. The molecule has 1 amide bonds. The lowest BCUT2D eigenvalue weighted by atomic mass is 10.1. The topological polar surface area (TPSA) is 87.1 Å². The molecule has 4 aromatic rings. The van der Waals surface area contributed by atoms with Gasteiger partial charge in [0.15, 0.2) is 0 Å². The monoisotopic (exact) mass is 471 g/mol. The predicted molar refractivity (Wildman–Crippen MR) is 133 cm³/mol. The molecule has 1 fully saturated rings. The number of nitrogens with one attached hydrogen (secondary N) is 1. The number of aromatic nitrogens is 4. The number of carbonyl (C=O) groups is 1. The van der Waals surface area contributed by atoms with E-state index in [4.69, 9.17) is 4.98 Å². The van der Waals surface area contributed by atoms with Gasteiger partial charge in [-0.05, 0) is 49.4 Å². The van der Waals surface area contributed by atoms with Gasteiger partial charge in [0, 0.05) is 55.8 Å². The fraction of sp³-hybridized carbons (Fsp3) is 0.269. The zero-order valence-electron chi connectivity index (χ0n) is 19.7. The second kappa shape index (κ2) is 9.61. The molecule has 5 rings (SSSR count). The van der Waals surface area contributed by atoms with E-state index in [-0.39, 0.29) is 11.7 Å². The lowest BCUT2D eigenvalue weighted by Crippen LogP contribution is -2.48. The molecule has 1 aliphatic heterocycles. The average Bonchev–Trinajstić information content (AvgIpc) is 2.88. The quantitative estimate of drug-likeness (QED) is 0.474. The van der Waals surface area contributed by atoms with Gasteiger partial charge < -0.3 is 15.1 Å². The first-order chi connectivity index (χ1) is 17.0. The molecule has 1 N–H and O–H groups in total. The molecule has 4 heterocycles. The van der Waals surface area contributed by atoms with Gasteiger partial charge in [-0.3, -0.25) is 9.78 Å². The number of aryl methyl sites for hydroxylation is 1. The summed E-state index contributed by atoms with van der Waals surface area (Å²) in [6.45, 7) is 6.76. The number of amides is 1. The number of nitrogens with zero attached hydrogens (tertiary/aromatic N) is 6. The predicted octanol–water partition coefficient (Wildman–Crippen LogP) is 3.81. The van der Waals surface area contributed by atoms with Crippen LogP contribution in [0.15, 0.2) is 54.7 Å². The fourth-order valence-corrected chi connectivity index (χ4v) is 4.16. The minimum atomic E-state index is -0.285. The first-order valence-electron chi connectivity index (χ1n) is 11.6. The first kappa shape index (κ1) is 22.6. The molecule has 0 spiro atoms. The van der Waals surface area contributed by atoms with Crippen molar-refractivity contribution in [2.75, 3.05) is 36.4 Å². The summed E-state index contributed by atoms with van der Waals surface area (Å²) in [6.07, 6.45) is 1.75. The Labute approximate surface area is 202 Å². The van der Waals surface area contributed by atoms with Gasteiger partial charge in [-0.2, -0.15) is 10.2 Å². The minimum absolute atomic E-state index is 0.0928. The van der Waals surface area contributed by atoms with Gasteiger partial charge in [0.25, 0.3) is 0 Å². The Bertz CT molecular complexity index is 1350. The summed E-state index contributed by atoms with van der Waals surface area (Å²) in [5.74, 6) is 0.636. The maximum absolute atomic E-state index is 13.4. The number of carbonyl (C=O) groups excluding carboxylic acids is 1. The van der Waals surface area contributed by atoms with Gasteiger partial charge in [-0.15, -0.1) is 0 Å². The number of hydrogen-bond acceptors (Lipinski definition) is 7. The molecule has 35 heavy (non-hydrogen) atoms. The van der Waals surface area contributed by atoms with Crippen LogP contribution in [0.5, 0.6) is 0 Å². The number of rotatable bonds is 5. The molecule has 8 nitrogen and oxygen atoms in total. The van der Waals surface area contributed by atoms with Crippen molar-refractivity contribution in [1.82, 2.24) is 25.1 Å². The molecule has 0 saturated carbocycles. The number of piperazine rings is 1. The van der Waals surface area contributed by atoms with E-state index in [9.17, 15) is 9.18 Å². The van der Waals surface area contributed by atoms with E-state index in [1.165, 1.54) is 12.1 Å². The third-order valence-corrected chi connectivity index (χ3v) is 6.18. The summed E-state index contributed by atoms with van der Waals surface area (Å²) in [6, 6.07) is 14.2. The first-order valence-corrected chi connectivity index (χ1v) is 11.6. The number of halogens is 1. The second-order valence-corrected chi connectivity index (χ2v) is 8.63. The summed E-state index contributed by atoms with van der Waals surface area (Å²) in [7, 11) is 0. The molecular weight excluding hydrogens is 445 g/mol. The van der Waals surface area contributed by atoms with Crippen LogP contribution in [0, 0.1) is 12.7 Å². The van der Waals surface area contributed by atoms with Crippen LogP contribution in [-0.4, -0.2) is 57.2 Å². The van der Waals surface area contributed by atoms with Gasteiger partial charge in [0.05, 0.1) is 35.3 Å². The van der Waals surface area contributed by atoms with Gasteiger partial charge in [0.1, 0.15) is 11.6 Å². The molecule has 1 aromatic carbocycles. The molecule has 0 aliphatic carbocycles. The van der Waals surface area contributed by atoms with Gasteiger partial charge in [0.2, 0.25) is 5.91 Å². The standard InChI is InChI=1S/C26H26FN7O/c1-17-3-8-21(32-31-17)15-28-24-14-26(34-11-9-33(10-12-34)18(2)35)30-25-16-29-23(13-22(24)25)19-4-6-20(27)7-5-19/h3-8,13-14,16H,9-12,15H2,1-2H3,(H,28,30). The van der Waals surface area contributed by atoms with E-state index in [0.717, 1.165) is 45.1 Å². The summed E-state index contributed by atoms with van der Waals surface area (Å²) < 4.78 is 13.4. The Kier molecular flexibility index (Phi) is 6.22. The molecular formula is C26H26FN7O. The van der Waals surface area contributed by atoms with E-state index < -0.39 is 0 Å². The zero-order chi connectivity index (χ0) is 24.4. The largest absolute Gasteiger partial charge is 0.379 e. The van der Waals surface area contributed by atoms with Crippen molar-refractivity contribution in [2.24, 2.45) is 0 Å². The smallest absolute Gasteiger partial charge is 0.219 e. The van der Waals surface area contributed by atoms with Crippen LogP contribution in [0.4, 0.5) is 15.9 Å². The third-order valence-electron chi connectivity index (χ3n) is 6.18. The van der Waals surface area contributed by atoms with Gasteiger partial charge in [-0.25, -0.2) is 9.37 Å². The van der Waals surface area contributed by atoms with E-state index in [0.29, 0.717) is 32.7 Å². The minimum Gasteiger partial charge on any atom is -0.379 e. The Balaban J connectivity index is 1.50. The second-order valence-electron chi connectivity index (χ2n) is 8.63. The normalized spacial score (nSPS) is 13.8. The van der Waals surface area contributed by atoms with E-state index in [1.54, 1.807) is 25.3 Å². The van der Waals surface area contributed by atoms with Crippen molar-refractivity contribution < 1.29 is 9.18 Å². The summed E-state index contributed by atoms with van der Waals surface area (Å²) in [5.41, 5.74) is 4.90. The lowest BCUT2D eigenvalue weighted by Gasteiger charge is -2.35. The van der Waals surface area contributed by atoms with Crippen molar-refractivity contribution in [3.63, 3.8) is 0 Å². The number of anilines is 2. The Morgan fingerprint density at radius 3 is 2.49 bits per heavy atom. The van der Waals surface area contributed by atoms with Crippen molar-refractivity contribution in [3.05, 3.63) is 71.9 Å². The Morgan fingerprint density at radius 1 is 1.03 bits per heavy atom. The van der Waals surface area contributed by atoms with Crippen LogP contribution >= 0.6 is 0 Å². The highest BCUT2D eigenvalue weighted by Crippen LogP contribution is 2.31. The highest BCUT2D eigenvalue weighted by Gasteiger charge is 2.21. The van der Waals surface area contributed by atoms with E-state index in [1.807, 2.05) is 36.1 Å². The molecule has 178 valence electrons. The Morgan fingerprint density at radius 2 is 1.80 bits per heavy atom. The summed E-state index contributed by atoms with van der Waals surface area (Å²) in [4.78, 5) is 25.2. The molecule has 1 saturated heterocycles. The fourth-order valence-electron chi connectivity index (χ4n) is 4.16. The molecule has 0 atom stereocenters. The summed E-state index contributed by atoms with van der Waals surface area (Å²) >= 11 is 0. The Hall–Kier alpha value is -4.14. The van der Waals surface area contributed by atoms with Crippen LogP contribution in [-0.2, 0) is 11.3 Å². The maximum atomic E-state index is 13.4. The number of hydrogen-bond donors (Lipinski definition) is 1. The molecule has 3 aromatic heterocycles. The molecule has 0 radical (unpaired) electrons. The number of pyridine rings is 2. The summed E-state index contributed by atoms with van der Waals surface area (Å²) in [5, 5.41) is 12.8. The highest BCUT2D eigenvalue weighted by molar-refractivity contribution is 5.95. The molecule has 0 unspecified atom stereocenters. The van der Waals surface area contributed by atoms with Crippen molar-refractivity contribution >= 4 is 28.3 Å². The van der Waals surface area contributed by atoms with Crippen LogP contribution in [0.2, 0.25) is 0 Å². The molecule has 0 bridgehead atoms. The van der Waals surface area contributed by atoms with Crippen molar-refractivity contribution in [2.45, 2.75) is 20.4 Å². The zero-order valence-corrected chi connectivity index (χ0v) is 19.7. The van der Waals surface area contributed by atoms with E-state index >= 15 is 0 Å². The van der Waals surface area contributed by atoms with Gasteiger partial charge >= 0.3 is 0 Å². The van der Waals surface area contributed by atoms with E-state index in [2.05, 4.69) is 25.4 Å².